The Morgan fingerprint density at radius 1 is 0.774 bits per heavy atom. The fraction of sp³-hybridized carbons (Fsp3) is 0. The summed E-state index contributed by atoms with van der Waals surface area (Å²) in [6, 6.07) is 21.7. The minimum Gasteiger partial charge on any atom is -0.268 e. The van der Waals surface area contributed by atoms with E-state index < -0.39 is 0 Å². The van der Waals surface area contributed by atoms with E-state index in [-0.39, 0.29) is 11.8 Å². The number of carbonyl (C=O) groups excluding carboxylic acids is 2. The highest BCUT2D eigenvalue weighted by atomic mass is 32.1. The molecule has 148 valence electrons. The van der Waals surface area contributed by atoms with E-state index in [1.807, 2.05) is 41.8 Å². The van der Waals surface area contributed by atoms with E-state index >= 15 is 0 Å². The molecule has 3 aromatic heterocycles. The number of aromatic nitrogens is 4. The minimum atomic E-state index is -0.319. The van der Waals surface area contributed by atoms with Gasteiger partial charge in [-0.2, -0.15) is 9.61 Å². The summed E-state index contributed by atoms with van der Waals surface area (Å²) in [7, 11) is 0. The first-order valence-electron chi connectivity index (χ1n) is 9.55. The van der Waals surface area contributed by atoms with Crippen molar-refractivity contribution in [1.29, 1.82) is 0 Å². The van der Waals surface area contributed by atoms with Gasteiger partial charge in [0.15, 0.2) is 11.5 Å². The van der Waals surface area contributed by atoms with Gasteiger partial charge in [-0.05, 0) is 47.8 Å². The van der Waals surface area contributed by atoms with Crippen LogP contribution in [0.1, 0.15) is 20.7 Å². The summed E-state index contributed by atoms with van der Waals surface area (Å²) in [5, 5.41) is 15.1. The molecular weight excluding hydrogens is 410 g/mol. The van der Waals surface area contributed by atoms with Crippen molar-refractivity contribution >= 4 is 34.5 Å². The third-order valence-corrected chi connectivity index (χ3v) is 6.06. The van der Waals surface area contributed by atoms with E-state index in [1.54, 1.807) is 52.3 Å². The van der Waals surface area contributed by atoms with Gasteiger partial charge in [0.1, 0.15) is 0 Å². The van der Waals surface area contributed by atoms with Crippen LogP contribution in [0.5, 0.6) is 0 Å². The molecule has 8 heteroatoms. The van der Waals surface area contributed by atoms with Gasteiger partial charge in [-0.25, -0.2) is 4.90 Å². The lowest BCUT2D eigenvalue weighted by atomic mass is 10.1. The number of hydrogen-bond acceptors (Lipinski definition) is 6. The maximum Gasteiger partial charge on any atom is 0.266 e. The van der Waals surface area contributed by atoms with Crippen LogP contribution in [0, 0.1) is 0 Å². The van der Waals surface area contributed by atoms with Crippen LogP contribution in [0.25, 0.3) is 27.6 Å². The fourth-order valence-electron chi connectivity index (χ4n) is 3.73. The molecule has 2 aromatic carbocycles. The van der Waals surface area contributed by atoms with Crippen molar-refractivity contribution in [2.45, 2.75) is 0 Å². The molecule has 7 nitrogen and oxygen atoms in total. The number of nitrogens with zero attached hydrogens (tertiary/aromatic N) is 5. The molecule has 0 atom stereocenters. The molecule has 0 N–H and O–H groups in total. The van der Waals surface area contributed by atoms with Crippen LogP contribution < -0.4 is 4.90 Å². The number of hydrogen-bond donors (Lipinski definition) is 0. The predicted octanol–water partition coefficient (Wildman–Crippen LogP) is 4.32. The lowest BCUT2D eigenvalue weighted by Gasteiger charge is -2.15. The van der Waals surface area contributed by atoms with Crippen LogP contribution in [0.2, 0.25) is 0 Å². The zero-order valence-corrected chi connectivity index (χ0v) is 16.8. The number of benzene rings is 2. The van der Waals surface area contributed by atoms with E-state index in [9.17, 15) is 9.59 Å². The molecule has 4 heterocycles. The quantitative estimate of drug-likeness (QED) is 0.404. The molecule has 0 saturated heterocycles. The number of fused-ring (bicyclic) bond motifs is 2. The Labute approximate surface area is 180 Å². The zero-order chi connectivity index (χ0) is 20.9. The van der Waals surface area contributed by atoms with Gasteiger partial charge in [-0.3, -0.25) is 9.59 Å². The lowest BCUT2D eigenvalue weighted by Crippen LogP contribution is -2.29. The molecule has 1 aliphatic heterocycles. The molecule has 31 heavy (non-hydrogen) atoms. The number of anilines is 1. The Bertz CT molecular complexity index is 1450. The summed E-state index contributed by atoms with van der Waals surface area (Å²) < 4.78 is 1.70. The van der Waals surface area contributed by atoms with Crippen LogP contribution in [-0.2, 0) is 0 Å². The van der Waals surface area contributed by atoms with Gasteiger partial charge in [0.25, 0.3) is 11.8 Å². The van der Waals surface area contributed by atoms with Crippen LogP contribution in [-0.4, -0.2) is 31.6 Å². The van der Waals surface area contributed by atoms with E-state index in [0.717, 1.165) is 10.4 Å². The van der Waals surface area contributed by atoms with E-state index in [2.05, 4.69) is 10.2 Å². The highest BCUT2D eigenvalue weighted by Gasteiger charge is 2.36. The van der Waals surface area contributed by atoms with Gasteiger partial charge in [0.05, 0.1) is 27.4 Å². The molecule has 0 radical (unpaired) electrons. The summed E-state index contributed by atoms with van der Waals surface area (Å²) >= 11 is 1.57. The maximum absolute atomic E-state index is 12.8. The second-order valence-corrected chi connectivity index (χ2v) is 7.98. The molecule has 0 saturated carbocycles. The Morgan fingerprint density at radius 2 is 1.58 bits per heavy atom. The molecule has 0 fully saturated rings. The smallest absolute Gasteiger partial charge is 0.266 e. The third-order valence-electron chi connectivity index (χ3n) is 5.20. The maximum atomic E-state index is 12.8. The minimum absolute atomic E-state index is 0.319. The Kier molecular flexibility index (Phi) is 3.81. The van der Waals surface area contributed by atoms with Gasteiger partial charge in [0.2, 0.25) is 0 Å². The third kappa shape index (κ3) is 2.69. The van der Waals surface area contributed by atoms with Crippen molar-refractivity contribution in [3.05, 3.63) is 89.3 Å². The Balaban J connectivity index is 1.43. The Hall–Kier alpha value is -4.17. The SMILES string of the molecule is O=C1c2ccccc2C(=O)N1c1cccc(-c2ccc3nnc(-c4cccs4)n3n2)c1. The van der Waals surface area contributed by atoms with Gasteiger partial charge < -0.3 is 0 Å². The standard InChI is InChI=1S/C23H13N5O2S/c29-22-16-7-1-2-8-17(16)23(30)27(22)15-6-3-5-14(13-15)18-10-11-20-24-25-21(28(20)26-18)19-9-4-12-31-19/h1-13H. The summed E-state index contributed by atoms with van der Waals surface area (Å²) in [5.74, 6) is 0.0308. The highest BCUT2D eigenvalue weighted by molar-refractivity contribution is 7.13. The summed E-state index contributed by atoms with van der Waals surface area (Å²) in [6.07, 6.45) is 0. The van der Waals surface area contributed by atoms with Crippen LogP contribution >= 0.6 is 11.3 Å². The number of carbonyl (C=O) groups is 2. The van der Waals surface area contributed by atoms with Crippen LogP contribution in [0.15, 0.2) is 78.2 Å². The first-order valence-corrected chi connectivity index (χ1v) is 10.4. The van der Waals surface area contributed by atoms with Gasteiger partial charge in [-0.1, -0.05) is 30.3 Å². The monoisotopic (exact) mass is 423 g/mol. The van der Waals surface area contributed by atoms with Gasteiger partial charge in [0, 0.05) is 5.56 Å². The van der Waals surface area contributed by atoms with Crippen molar-refractivity contribution in [2.24, 2.45) is 0 Å². The molecule has 0 aliphatic carbocycles. The van der Waals surface area contributed by atoms with Crippen LogP contribution in [0.3, 0.4) is 0 Å². The second-order valence-electron chi connectivity index (χ2n) is 7.03. The van der Waals surface area contributed by atoms with Gasteiger partial charge >= 0.3 is 0 Å². The summed E-state index contributed by atoms with van der Waals surface area (Å²) in [5.41, 5.74) is 3.45. The van der Waals surface area contributed by atoms with Crippen molar-refractivity contribution in [2.75, 3.05) is 4.90 Å². The van der Waals surface area contributed by atoms with Crippen molar-refractivity contribution in [3.63, 3.8) is 0 Å². The van der Waals surface area contributed by atoms with E-state index in [0.29, 0.717) is 34.0 Å². The number of rotatable bonds is 3. The van der Waals surface area contributed by atoms with Crippen molar-refractivity contribution < 1.29 is 9.59 Å². The zero-order valence-electron chi connectivity index (χ0n) is 16.0. The lowest BCUT2D eigenvalue weighted by molar-refractivity contribution is 0.0926. The van der Waals surface area contributed by atoms with E-state index in [1.165, 1.54) is 4.90 Å². The fourth-order valence-corrected chi connectivity index (χ4v) is 4.42. The molecule has 1 aliphatic rings. The molecule has 0 unspecified atom stereocenters. The largest absolute Gasteiger partial charge is 0.268 e. The average molecular weight is 423 g/mol. The average Bonchev–Trinajstić information content (AvgIpc) is 3.53. The summed E-state index contributed by atoms with van der Waals surface area (Å²) in [4.78, 5) is 27.9. The predicted molar refractivity (Wildman–Crippen MR) is 117 cm³/mol. The van der Waals surface area contributed by atoms with Crippen molar-refractivity contribution in [1.82, 2.24) is 19.8 Å². The number of imide groups is 1. The summed E-state index contributed by atoms with van der Waals surface area (Å²) in [6.45, 7) is 0. The van der Waals surface area contributed by atoms with E-state index in [4.69, 9.17) is 5.10 Å². The van der Waals surface area contributed by atoms with Gasteiger partial charge in [-0.15, -0.1) is 21.5 Å². The number of thiophene rings is 1. The molecule has 6 rings (SSSR count). The number of amides is 2. The first kappa shape index (κ1) is 17.7. The highest BCUT2D eigenvalue weighted by Crippen LogP contribution is 2.31. The molecule has 0 bridgehead atoms. The molecule has 0 spiro atoms. The molecular formula is C23H13N5O2S. The normalized spacial score (nSPS) is 13.2. The molecule has 5 aromatic rings. The second kappa shape index (κ2) is 6.68. The Morgan fingerprint density at radius 3 is 2.32 bits per heavy atom. The van der Waals surface area contributed by atoms with Crippen LogP contribution in [0.4, 0.5) is 5.69 Å². The first-order chi connectivity index (χ1) is 15.2. The topological polar surface area (TPSA) is 80.5 Å². The van der Waals surface area contributed by atoms with Crippen molar-refractivity contribution in [3.8, 4) is 22.0 Å². The molecule has 2 amide bonds.